The van der Waals surface area contributed by atoms with Crippen LogP contribution in [0.2, 0.25) is 5.02 Å². The Labute approximate surface area is 142 Å². The van der Waals surface area contributed by atoms with Crippen molar-refractivity contribution < 1.29 is 18.3 Å². The highest BCUT2D eigenvalue weighted by molar-refractivity contribution is 6.30. The maximum absolute atomic E-state index is 12.9. The van der Waals surface area contributed by atoms with Gasteiger partial charge in [-0.05, 0) is 17.7 Å². The van der Waals surface area contributed by atoms with E-state index in [2.05, 4.69) is 15.3 Å². The number of rotatable bonds is 5. The number of aliphatic hydroxyl groups is 1. The second kappa shape index (κ2) is 7.23. The summed E-state index contributed by atoms with van der Waals surface area (Å²) in [4.78, 5) is 8.90. The van der Waals surface area contributed by atoms with Crippen LogP contribution >= 0.6 is 11.6 Å². The molecule has 0 bridgehead atoms. The summed E-state index contributed by atoms with van der Waals surface area (Å²) in [5.74, 6) is -0.0950. The molecule has 2 aromatic rings. The fourth-order valence-electron chi connectivity index (χ4n) is 1.88. The number of nitrogens with one attached hydrogen (secondary N) is 1. The van der Waals surface area contributed by atoms with Gasteiger partial charge >= 0.3 is 6.18 Å². The highest BCUT2D eigenvalue weighted by Gasteiger charge is 2.34. The van der Waals surface area contributed by atoms with Crippen molar-refractivity contribution in [3.8, 4) is 0 Å². The second-order valence-electron chi connectivity index (χ2n) is 5.28. The fraction of sp³-hybridized carbons (Fsp3) is 0.333. The van der Waals surface area contributed by atoms with E-state index in [-0.39, 0.29) is 18.3 Å². The molecule has 2 N–H and O–H groups in total. The first-order chi connectivity index (χ1) is 11.2. The summed E-state index contributed by atoms with van der Waals surface area (Å²) in [5, 5.41) is 13.2. The number of aromatic nitrogens is 2. The van der Waals surface area contributed by atoms with Gasteiger partial charge in [-0.25, -0.2) is 4.98 Å². The molecule has 0 amide bonds. The Morgan fingerprint density at radius 1 is 1.21 bits per heavy atom. The zero-order valence-electron chi connectivity index (χ0n) is 13.0. The average Bonchev–Trinajstić information content (AvgIpc) is 2.52. The van der Waals surface area contributed by atoms with Gasteiger partial charge in [0.1, 0.15) is 5.82 Å². The Morgan fingerprint density at radius 2 is 1.83 bits per heavy atom. The smallest absolute Gasteiger partial charge is 0.387 e. The van der Waals surface area contributed by atoms with Crippen LogP contribution in [0, 0.1) is 0 Å². The van der Waals surface area contributed by atoms with E-state index in [0.29, 0.717) is 10.6 Å². The molecule has 2 rings (SSSR count). The molecule has 0 saturated heterocycles. The first-order valence-corrected chi connectivity index (χ1v) is 7.35. The SMILES string of the molecule is CN(C)c1cc(C(F)(F)F)nc(NCC(O)c2ccc(Cl)cc2)n1. The maximum Gasteiger partial charge on any atom is 0.433 e. The molecular weight excluding hydrogens is 345 g/mol. The monoisotopic (exact) mass is 360 g/mol. The Kier molecular flexibility index (Phi) is 5.51. The molecule has 5 nitrogen and oxygen atoms in total. The Hall–Kier alpha value is -2.06. The number of anilines is 2. The quantitative estimate of drug-likeness (QED) is 0.856. The molecule has 0 aliphatic rings. The lowest BCUT2D eigenvalue weighted by molar-refractivity contribution is -0.141. The molecule has 1 aromatic heterocycles. The van der Waals surface area contributed by atoms with Crippen LogP contribution in [-0.4, -0.2) is 35.7 Å². The number of aliphatic hydroxyl groups excluding tert-OH is 1. The fourth-order valence-corrected chi connectivity index (χ4v) is 2.00. The molecule has 0 aliphatic carbocycles. The van der Waals surface area contributed by atoms with Crippen LogP contribution in [0.25, 0.3) is 0 Å². The first kappa shape index (κ1) is 18.3. The zero-order valence-corrected chi connectivity index (χ0v) is 13.7. The number of nitrogens with zero attached hydrogens (tertiary/aromatic N) is 3. The van der Waals surface area contributed by atoms with Crippen LogP contribution in [0.3, 0.4) is 0 Å². The van der Waals surface area contributed by atoms with Gasteiger partial charge in [0.05, 0.1) is 6.10 Å². The molecular formula is C15H16ClF3N4O. The normalized spacial score (nSPS) is 12.8. The van der Waals surface area contributed by atoms with Crippen molar-refractivity contribution in [1.29, 1.82) is 0 Å². The molecule has 1 aromatic carbocycles. The molecule has 0 spiro atoms. The van der Waals surface area contributed by atoms with E-state index in [0.717, 1.165) is 6.07 Å². The van der Waals surface area contributed by atoms with E-state index in [1.807, 2.05) is 0 Å². The number of alkyl halides is 3. The van der Waals surface area contributed by atoms with Crippen LogP contribution in [0.15, 0.2) is 30.3 Å². The van der Waals surface area contributed by atoms with Gasteiger partial charge in [0.25, 0.3) is 0 Å². The standard InChI is InChI=1S/C15H16ClF3N4O/c1-23(2)13-7-12(15(17,18)19)21-14(22-13)20-8-11(24)9-3-5-10(16)6-4-9/h3-7,11,24H,8H2,1-2H3,(H,20,21,22). The van der Waals surface area contributed by atoms with E-state index in [1.165, 1.54) is 4.90 Å². The number of hydrogen-bond acceptors (Lipinski definition) is 5. The van der Waals surface area contributed by atoms with Gasteiger partial charge in [-0.15, -0.1) is 0 Å². The van der Waals surface area contributed by atoms with E-state index in [9.17, 15) is 18.3 Å². The zero-order chi connectivity index (χ0) is 17.9. The minimum Gasteiger partial charge on any atom is -0.387 e. The van der Waals surface area contributed by atoms with E-state index in [1.54, 1.807) is 38.4 Å². The third kappa shape index (κ3) is 4.72. The minimum atomic E-state index is -4.58. The Bertz CT molecular complexity index is 692. The summed E-state index contributed by atoms with van der Waals surface area (Å²) in [6.07, 6.45) is -5.53. The van der Waals surface area contributed by atoms with Gasteiger partial charge in [-0.3, -0.25) is 0 Å². The maximum atomic E-state index is 12.9. The minimum absolute atomic E-state index is 0.0458. The third-order valence-corrected chi connectivity index (χ3v) is 3.42. The van der Waals surface area contributed by atoms with Gasteiger partial charge in [0.2, 0.25) is 5.95 Å². The molecule has 130 valence electrons. The predicted molar refractivity (Wildman–Crippen MR) is 86.3 cm³/mol. The van der Waals surface area contributed by atoms with Crippen molar-refractivity contribution in [2.75, 3.05) is 30.9 Å². The summed E-state index contributed by atoms with van der Waals surface area (Å²) in [6.45, 7) is -0.0458. The van der Waals surface area contributed by atoms with Crippen molar-refractivity contribution >= 4 is 23.4 Å². The van der Waals surface area contributed by atoms with E-state index < -0.39 is 18.0 Å². The lowest BCUT2D eigenvalue weighted by Gasteiger charge is -2.17. The molecule has 1 unspecified atom stereocenters. The lowest BCUT2D eigenvalue weighted by Crippen LogP contribution is -2.19. The van der Waals surface area contributed by atoms with Crippen LogP contribution in [0.1, 0.15) is 17.4 Å². The van der Waals surface area contributed by atoms with Crippen LogP contribution in [0.5, 0.6) is 0 Å². The van der Waals surface area contributed by atoms with Gasteiger partial charge < -0.3 is 15.3 Å². The van der Waals surface area contributed by atoms with Crippen LogP contribution in [0.4, 0.5) is 24.9 Å². The molecule has 0 radical (unpaired) electrons. The molecule has 24 heavy (non-hydrogen) atoms. The summed E-state index contributed by atoms with van der Waals surface area (Å²) in [5.41, 5.74) is -0.476. The second-order valence-corrected chi connectivity index (χ2v) is 5.71. The highest BCUT2D eigenvalue weighted by Crippen LogP contribution is 2.30. The van der Waals surface area contributed by atoms with Gasteiger partial charge in [-0.2, -0.15) is 18.2 Å². The van der Waals surface area contributed by atoms with Crippen molar-refractivity contribution in [2.45, 2.75) is 12.3 Å². The van der Waals surface area contributed by atoms with Gasteiger partial charge in [0, 0.05) is 31.7 Å². The average molecular weight is 361 g/mol. The summed E-state index contributed by atoms with van der Waals surface area (Å²) in [7, 11) is 3.16. The topological polar surface area (TPSA) is 61.3 Å². The highest BCUT2D eigenvalue weighted by atomic mass is 35.5. The van der Waals surface area contributed by atoms with Gasteiger partial charge in [0.15, 0.2) is 5.69 Å². The van der Waals surface area contributed by atoms with Crippen molar-refractivity contribution in [3.63, 3.8) is 0 Å². The molecule has 0 saturated carbocycles. The molecule has 9 heteroatoms. The van der Waals surface area contributed by atoms with Crippen molar-refractivity contribution in [2.24, 2.45) is 0 Å². The summed E-state index contributed by atoms with van der Waals surface area (Å²) < 4.78 is 38.7. The largest absolute Gasteiger partial charge is 0.433 e. The van der Waals surface area contributed by atoms with Crippen LogP contribution < -0.4 is 10.2 Å². The van der Waals surface area contributed by atoms with Gasteiger partial charge in [-0.1, -0.05) is 23.7 Å². The summed E-state index contributed by atoms with van der Waals surface area (Å²) in [6, 6.07) is 7.36. The molecule has 1 atom stereocenters. The molecule has 1 heterocycles. The van der Waals surface area contributed by atoms with Crippen LogP contribution in [-0.2, 0) is 6.18 Å². The number of halogens is 4. The summed E-state index contributed by atoms with van der Waals surface area (Å²) >= 11 is 5.77. The van der Waals surface area contributed by atoms with Crippen molar-refractivity contribution in [1.82, 2.24) is 9.97 Å². The predicted octanol–water partition coefficient (Wildman–Crippen LogP) is 3.36. The van der Waals surface area contributed by atoms with E-state index >= 15 is 0 Å². The Morgan fingerprint density at radius 3 is 2.38 bits per heavy atom. The Balaban J connectivity index is 2.16. The first-order valence-electron chi connectivity index (χ1n) is 6.98. The lowest BCUT2D eigenvalue weighted by atomic mass is 10.1. The van der Waals surface area contributed by atoms with E-state index in [4.69, 9.17) is 11.6 Å². The number of hydrogen-bond donors (Lipinski definition) is 2. The van der Waals surface area contributed by atoms with Crippen molar-refractivity contribution in [3.05, 3.63) is 46.6 Å². The molecule has 0 aliphatic heterocycles. The molecule has 0 fully saturated rings. The third-order valence-electron chi connectivity index (χ3n) is 3.17. The number of benzene rings is 1.